The average Bonchev–Trinajstić information content (AvgIpc) is 2.07. The Morgan fingerprint density at radius 3 is 2.85 bits per heavy atom. The molecular weight excluding hydrogens is 229 g/mol. The summed E-state index contributed by atoms with van der Waals surface area (Å²) in [7, 11) is 0. The van der Waals surface area contributed by atoms with E-state index in [-0.39, 0.29) is 18.6 Å². The van der Waals surface area contributed by atoms with Crippen LogP contribution in [0.1, 0.15) is 0 Å². The van der Waals surface area contributed by atoms with Crippen molar-refractivity contribution in [3.63, 3.8) is 0 Å². The van der Waals surface area contributed by atoms with Crippen molar-refractivity contribution >= 4 is 22.5 Å². The molecule has 0 saturated heterocycles. The zero-order chi connectivity index (χ0) is 8.55. The summed E-state index contributed by atoms with van der Waals surface area (Å²) in [6, 6.07) is 2.88. The predicted octanol–water partition coefficient (Wildman–Crippen LogP) is 2.42. The molecule has 0 spiro atoms. The minimum Gasteiger partial charge on any atom is -0.255 e. The van der Waals surface area contributed by atoms with Crippen LogP contribution in [0.4, 0.5) is 4.39 Å². The first-order chi connectivity index (χ1) is 5.77. The number of hydrogen-bond acceptors (Lipinski definition) is 2. The van der Waals surface area contributed by atoms with Gasteiger partial charge in [-0.05, 0) is 6.07 Å². The number of fused-ring (bicyclic) bond motifs is 1. The monoisotopic (exact) mass is 233 g/mol. The van der Waals surface area contributed by atoms with E-state index in [9.17, 15) is 4.39 Å². The molecule has 0 aromatic carbocycles. The minimum atomic E-state index is -0.544. The summed E-state index contributed by atoms with van der Waals surface area (Å²) in [6.07, 6.45) is 2.92. The van der Waals surface area contributed by atoms with Gasteiger partial charge in [0.2, 0.25) is 5.95 Å². The molecule has 0 aliphatic rings. The van der Waals surface area contributed by atoms with Crippen molar-refractivity contribution in [2.75, 3.05) is 0 Å². The maximum atomic E-state index is 12.6. The van der Waals surface area contributed by atoms with Crippen LogP contribution >= 0.6 is 11.6 Å². The first-order valence-corrected chi connectivity index (χ1v) is 3.71. The maximum Gasteiger partial charge on any atom is 0.213 e. The van der Waals surface area contributed by atoms with E-state index in [0.29, 0.717) is 15.9 Å². The quantitative estimate of drug-likeness (QED) is 0.653. The Morgan fingerprint density at radius 1 is 1.31 bits per heavy atom. The molecule has 1 radical (unpaired) electrons. The molecular formula is C8H4ClFN2V. The van der Waals surface area contributed by atoms with Gasteiger partial charge in [0.15, 0.2) is 0 Å². The van der Waals surface area contributed by atoms with Crippen molar-refractivity contribution in [1.82, 2.24) is 9.97 Å². The summed E-state index contributed by atoms with van der Waals surface area (Å²) in [5.74, 6) is -0.544. The number of halogens is 2. The summed E-state index contributed by atoms with van der Waals surface area (Å²) in [4.78, 5) is 7.43. The Balaban J connectivity index is 0.000000845. The van der Waals surface area contributed by atoms with E-state index in [1.165, 1.54) is 12.3 Å². The Bertz CT molecular complexity index is 435. The van der Waals surface area contributed by atoms with Crippen LogP contribution in [0.25, 0.3) is 10.9 Å². The van der Waals surface area contributed by atoms with Crippen LogP contribution in [0.2, 0.25) is 5.02 Å². The minimum absolute atomic E-state index is 0. The predicted molar refractivity (Wildman–Crippen MR) is 44.5 cm³/mol. The fourth-order valence-corrected chi connectivity index (χ4v) is 1.20. The van der Waals surface area contributed by atoms with Crippen molar-refractivity contribution in [3.8, 4) is 0 Å². The largest absolute Gasteiger partial charge is 0.255 e. The van der Waals surface area contributed by atoms with Gasteiger partial charge in [-0.3, -0.25) is 4.98 Å². The summed E-state index contributed by atoms with van der Waals surface area (Å²) in [5.41, 5.74) is 0.601. The summed E-state index contributed by atoms with van der Waals surface area (Å²) in [5, 5.41) is 1.08. The molecule has 0 bridgehead atoms. The number of pyridine rings is 2. The summed E-state index contributed by atoms with van der Waals surface area (Å²) < 4.78 is 12.6. The van der Waals surface area contributed by atoms with E-state index in [1.54, 1.807) is 12.3 Å². The molecule has 0 amide bonds. The molecule has 0 fully saturated rings. The molecule has 0 aliphatic carbocycles. The van der Waals surface area contributed by atoms with E-state index >= 15 is 0 Å². The van der Waals surface area contributed by atoms with Crippen molar-refractivity contribution in [2.24, 2.45) is 0 Å². The maximum absolute atomic E-state index is 12.6. The van der Waals surface area contributed by atoms with Crippen molar-refractivity contribution in [1.29, 1.82) is 0 Å². The van der Waals surface area contributed by atoms with Crippen LogP contribution in [0.5, 0.6) is 0 Å². The number of nitrogens with zero attached hydrogens (tertiary/aromatic N) is 2. The molecule has 0 saturated carbocycles. The molecule has 2 aromatic heterocycles. The molecule has 0 aliphatic heterocycles. The van der Waals surface area contributed by atoms with Crippen molar-refractivity contribution in [3.05, 3.63) is 35.5 Å². The fraction of sp³-hybridized carbons (Fsp3) is 0. The second-order valence-electron chi connectivity index (χ2n) is 2.32. The standard InChI is InChI=1S/C8H4ClFN2.V/c9-6-1-2-11-7-4-12-8(10)3-5(6)7;/h1-4H;. The van der Waals surface area contributed by atoms with Gasteiger partial charge in [0.05, 0.1) is 16.7 Å². The normalized spacial score (nSPS) is 9.69. The average molecular weight is 234 g/mol. The molecule has 0 N–H and O–H groups in total. The van der Waals surface area contributed by atoms with Crippen molar-refractivity contribution < 1.29 is 22.9 Å². The van der Waals surface area contributed by atoms with Gasteiger partial charge in [0.25, 0.3) is 0 Å². The fourth-order valence-electron chi connectivity index (χ4n) is 0.990. The van der Waals surface area contributed by atoms with Crippen LogP contribution in [0, 0.1) is 5.95 Å². The van der Waals surface area contributed by atoms with Crippen LogP contribution < -0.4 is 0 Å². The van der Waals surface area contributed by atoms with Gasteiger partial charge in [-0.2, -0.15) is 4.39 Å². The van der Waals surface area contributed by atoms with Gasteiger partial charge in [0.1, 0.15) is 0 Å². The van der Waals surface area contributed by atoms with Gasteiger partial charge in [-0.15, -0.1) is 0 Å². The Kier molecular flexibility index (Phi) is 3.25. The molecule has 2 rings (SSSR count). The smallest absolute Gasteiger partial charge is 0.213 e. The van der Waals surface area contributed by atoms with E-state index in [2.05, 4.69) is 9.97 Å². The van der Waals surface area contributed by atoms with Crippen LogP contribution in [0.3, 0.4) is 0 Å². The molecule has 0 atom stereocenters. The number of rotatable bonds is 0. The van der Waals surface area contributed by atoms with E-state index < -0.39 is 5.95 Å². The van der Waals surface area contributed by atoms with Gasteiger partial charge in [-0.25, -0.2) is 4.98 Å². The van der Waals surface area contributed by atoms with Gasteiger partial charge < -0.3 is 0 Å². The summed E-state index contributed by atoms with van der Waals surface area (Å²) in [6.45, 7) is 0. The van der Waals surface area contributed by atoms with Crippen molar-refractivity contribution in [2.45, 2.75) is 0 Å². The molecule has 2 aromatic rings. The van der Waals surface area contributed by atoms with Gasteiger partial charge in [0, 0.05) is 36.2 Å². The third-order valence-electron chi connectivity index (χ3n) is 1.54. The van der Waals surface area contributed by atoms with E-state index in [0.717, 1.165) is 0 Å². The molecule has 2 nitrogen and oxygen atoms in total. The summed E-state index contributed by atoms with van der Waals surface area (Å²) >= 11 is 5.79. The Morgan fingerprint density at radius 2 is 2.08 bits per heavy atom. The SMILES string of the molecule is Fc1cc2c(Cl)ccnc2cn1.[V]. The molecule has 65 valence electrons. The van der Waals surface area contributed by atoms with Crippen LogP contribution in [0.15, 0.2) is 24.5 Å². The van der Waals surface area contributed by atoms with Crippen LogP contribution in [-0.4, -0.2) is 9.97 Å². The zero-order valence-corrected chi connectivity index (χ0v) is 8.56. The molecule has 5 heteroatoms. The topological polar surface area (TPSA) is 25.8 Å². The van der Waals surface area contributed by atoms with Gasteiger partial charge >= 0.3 is 0 Å². The third-order valence-corrected chi connectivity index (χ3v) is 1.87. The molecule has 0 unspecified atom stereocenters. The first kappa shape index (κ1) is 10.4. The first-order valence-electron chi connectivity index (χ1n) is 3.33. The van der Waals surface area contributed by atoms with E-state index in [1.807, 2.05) is 0 Å². The number of aromatic nitrogens is 2. The molecule has 13 heavy (non-hydrogen) atoms. The Hall–Kier alpha value is -0.636. The number of hydrogen-bond donors (Lipinski definition) is 0. The molecule has 2 heterocycles. The third kappa shape index (κ3) is 1.99. The Labute approximate surface area is 91.0 Å². The van der Waals surface area contributed by atoms with E-state index in [4.69, 9.17) is 11.6 Å². The van der Waals surface area contributed by atoms with Gasteiger partial charge in [-0.1, -0.05) is 11.6 Å². The second kappa shape index (κ2) is 4.05. The zero-order valence-electron chi connectivity index (χ0n) is 6.41. The van der Waals surface area contributed by atoms with Crippen LogP contribution in [-0.2, 0) is 18.6 Å². The second-order valence-corrected chi connectivity index (χ2v) is 2.72.